The van der Waals surface area contributed by atoms with E-state index in [1.807, 2.05) is 0 Å². The van der Waals surface area contributed by atoms with E-state index in [4.69, 9.17) is 0 Å². The molecule has 0 radical (unpaired) electrons. The number of hydrogen-bond donors (Lipinski definition) is 0. The van der Waals surface area contributed by atoms with Crippen LogP contribution in [-0.4, -0.2) is 0 Å². The van der Waals surface area contributed by atoms with Gasteiger partial charge in [-0.1, -0.05) is 194 Å². The van der Waals surface area contributed by atoms with Crippen molar-refractivity contribution in [3.05, 3.63) is 218 Å². The van der Waals surface area contributed by atoms with Crippen LogP contribution in [0.25, 0.3) is 120 Å². The van der Waals surface area contributed by atoms with E-state index in [-0.39, 0.29) is 0 Å². The van der Waals surface area contributed by atoms with E-state index in [0.717, 1.165) is 0 Å². The Bertz CT molecular complexity index is 3370. The summed E-state index contributed by atoms with van der Waals surface area (Å²) in [6.07, 6.45) is 0. The third-order valence-electron chi connectivity index (χ3n) is 12.4. The van der Waals surface area contributed by atoms with E-state index in [2.05, 4.69) is 218 Å². The highest BCUT2D eigenvalue weighted by molar-refractivity contribution is 6.39. The Balaban J connectivity index is 1.11. The van der Waals surface area contributed by atoms with Crippen molar-refractivity contribution in [2.45, 2.75) is 0 Å². The van der Waals surface area contributed by atoms with Gasteiger partial charge in [0, 0.05) is 0 Å². The van der Waals surface area contributed by atoms with E-state index >= 15 is 0 Å². The molecule has 0 bridgehead atoms. The van der Waals surface area contributed by atoms with Gasteiger partial charge >= 0.3 is 0 Å². The molecule has 12 aromatic rings. The minimum Gasteiger partial charge on any atom is -0.0616 e. The third kappa shape index (κ3) is 5.09. The van der Waals surface area contributed by atoms with Gasteiger partial charge in [-0.15, -0.1) is 0 Å². The maximum absolute atomic E-state index is 2.45. The zero-order valence-electron chi connectivity index (χ0n) is 31.8. The molecular weight excluding hydrogens is 697 g/mol. The van der Waals surface area contributed by atoms with Gasteiger partial charge in [0.1, 0.15) is 0 Å². The van der Waals surface area contributed by atoms with Crippen molar-refractivity contribution in [1.29, 1.82) is 0 Å². The Morgan fingerprint density at radius 2 is 0.500 bits per heavy atom. The highest BCUT2D eigenvalue weighted by Gasteiger charge is 2.18. The van der Waals surface area contributed by atoms with Crippen molar-refractivity contribution in [2.75, 3.05) is 0 Å². The number of rotatable bonds is 4. The summed E-state index contributed by atoms with van der Waals surface area (Å²) >= 11 is 0. The molecule has 58 heavy (non-hydrogen) atoms. The van der Waals surface area contributed by atoms with E-state index in [9.17, 15) is 0 Å². The molecule has 0 unspecified atom stereocenters. The van der Waals surface area contributed by atoms with Crippen LogP contribution in [-0.2, 0) is 0 Å². The highest BCUT2D eigenvalue weighted by Crippen LogP contribution is 2.46. The molecule has 0 aliphatic rings. The van der Waals surface area contributed by atoms with Crippen LogP contribution in [0.4, 0.5) is 0 Å². The maximum Gasteiger partial charge on any atom is -0.00137 e. The molecule has 0 heteroatoms. The first-order valence-corrected chi connectivity index (χ1v) is 20.2. The summed E-state index contributed by atoms with van der Waals surface area (Å²) < 4.78 is 0. The molecule has 0 aromatic heterocycles. The highest BCUT2D eigenvalue weighted by atomic mass is 14.2. The van der Waals surface area contributed by atoms with Crippen molar-refractivity contribution in [3.63, 3.8) is 0 Å². The van der Waals surface area contributed by atoms with E-state index < -0.39 is 0 Å². The summed E-state index contributed by atoms with van der Waals surface area (Å²) in [6, 6.07) is 80.9. The normalized spacial score (nSPS) is 11.8. The lowest BCUT2D eigenvalue weighted by Crippen LogP contribution is -1.90. The summed E-state index contributed by atoms with van der Waals surface area (Å²) in [5.41, 5.74) is 9.83. The van der Waals surface area contributed by atoms with Gasteiger partial charge in [0.15, 0.2) is 0 Å². The van der Waals surface area contributed by atoms with Gasteiger partial charge in [0.25, 0.3) is 0 Å². The quantitative estimate of drug-likeness (QED) is 0.158. The molecule has 0 atom stereocenters. The summed E-state index contributed by atoms with van der Waals surface area (Å²) in [7, 11) is 0. The van der Waals surface area contributed by atoms with Crippen molar-refractivity contribution in [2.24, 2.45) is 0 Å². The molecule has 12 aromatic carbocycles. The van der Waals surface area contributed by atoms with Gasteiger partial charge in [0.05, 0.1) is 0 Å². The molecule has 0 saturated heterocycles. The predicted molar refractivity (Wildman–Crippen MR) is 251 cm³/mol. The van der Waals surface area contributed by atoms with Gasteiger partial charge in [-0.2, -0.15) is 0 Å². The second-order valence-corrected chi connectivity index (χ2v) is 15.6. The molecule has 0 fully saturated rings. The zero-order chi connectivity index (χ0) is 38.2. The van der Waals surface area contributed by atoms with Crippen LogP contribution >= 0.6 is 0 Å². The van der Waals surface area contributed by atoms with Gasteiger partial charge < -0.3 is 0 Å². The summed E-state index contributed by atoms with van der Waals surface area (Å²) in [5, 5.41) is 17.9. The van der Waals surface area contributed by atoms with Crippen LogP contribution in [0.15, 0.2) is 218 Å². The van der Waals surface area contributed by atoms with Crippen LogP contribution in [0.1, 0.15) is 0 Å². The van der Waals surface area contributed by atoms with E-state index in [1.165, 1.54) is 120 Å². The standard InChI is InChI=1S/C58H36/c1-3-21-45-37(13-1)15-11-27-47(45)43-19-9-17-39(33-43)41-29-31-51-52-32-30-42(40-18-10-20-44(34-40)48-28-12-16-38-14-2-4-22-46(38)48)36-56(52)58-54-26-8-6-24-50(54)49-23-5-7-25-53(49)57(58)55(51)35-41/h1-36H. The first-order chi connectivity index (χ1) is 28.8. The zero-order valence-corrected chi connectivity index (χ0v) is 31.8. The van der Waals surface area contributed by atoms with Gasteiger partial charge in [-0.05, 0) is 144 Å². The Morgan fingerprint density at radius 1 is 0.172 bits per heavy atom. The van der Waals surface area contributed by atoms with Crippen molar-refractivity contribution in [3.8, 4) is 44.5 Å². The predicted octanol–water partition coefficient (Wildman–Crippen LogP) is 16.4. The molecule has 0 aliphatic carbocycles. The molecule has 268 valence electrons. The minimum absolute atomic E-state index is 1.21. The van der Waals surface area contributed by atoms with Crippen molar-refractivity contribution >= 4 is 75.4 Å². The molecule has 12 rings (SSSR count). The first-order valence-electron chi connectivity index (χ1n) is 20.2. The summed E-state index contributed by atoms with van der Waals surface area (Å²) in [5.74, 6) is 0. The summed E-state index contributed by atoms with van der Waals surface area (Å²) in [4.78, 5) is 0. The fraction of sp³-hybridized carbons (Fsp3) is 0. The maximum atomic E-state index is 2.45. The monoisotopic (exact) mass is 732 g/mol. The van der Waals surface area contributed by atoms with Gasteiger partial charge in [-0.25, -0.2) is 0 Å². The smallest absolute Gasteiger partial charge is 0.00137 e. The number of benzene rings is 12. The second kappa shape index (κ2) is 13.0. The van der Waals surface area contributed by atoms with Crippen molar-refractivity contribution in [1.82, 2.24) is 0 Å². The SMILES string of the molecule is c1cc(-c2ccc3c4ccc(-c5cccc(-c6cccc7ccccc67)c5)cc4c4c5ccccc5c5ccccc5c4c3c2)cc(-c2cccc3ccccc23)c1. The fourth-order valence-corrected chi connectivity index (χ4v) is 9.72. The van der Waals surface area contributed by atoms with Crippen molar-refractivity contribution < 1.29 is 0 Å². The second-order valence-electron chi connectivity index (χ2n) is 15.6. The Morgan fingerprint density at radius 3 is 0.966 bits per heavy atom. The molecular formula is C58H36. The van der Waals surface area contributed by atoms with Crippen LogP contribution < -0.4 is 0 Å². The molecule has 0 spiro atoms. The largest absolute Gasteiger partial charge is 0.0616 e. The topological polar surface area (TPSA) is 0 Å². The van der Waals surface area contributed by atoms with Gasteiger partial charge in [0.2, 0.25) is 0 Å². The molecule has 0 nitrogen and oxygen atoms in total. The fourth-order valence-electron chi connectivity index (χ4n) is 9.72. The van der Waals surface area contributed by atoms with Crippen LogP contribution in [0.5, 0.6) is 0 Å². The van der Waals surface area contributed by atoms with E-state index in [1.54, 1.807) is 0 Å². The number of hydrogen-bond acceptors (Lipinski definition) is 0. The van der Waals surface area contributed by atoms with E-state index in [0.29, 0.717) is 0 Å². The molecule has 0 amide bonds. The number of fused-ring (bicyclic) bond motifs is 13. The molecule has 0 aliphatic heterocycles. The lowest BCUT2D eigenvalue weighted by atomic mass is 9.85. The van der Waals surface area contributed by atoms with Gasteiger partial charge in [-0.3, -0.25) is 0 Å². The molecule has 0 heterocycles. The average molecular weight is 733 g/mol. The summed E-state index contributed by atoms with van der Waals surface area (Å²) in [6.45, 7) is 0. The Labute approximate surface area is 336 Å². The molecule has 0 N–H and O–H groups in total. The van der Waals surface area contributed by atoms with Crippen LogP contribution in [0, 0.1) is 0 Å². The lowest BCUT2D eigenvalue weighted by molar-refractivity contribution is 1.62. The Hall–Kier alpha value is -7.54. The Kier molecular flexibility index (Phi) is 7.33. The third-order valence-corrected chi connectivity index (χ3v) is 12.4. The lowest BCUT2D eigenvalue weighted by Gasteiger charge is -2.18. The van der Waals surface area contributed by atoms with Crippen LogP contribution in [0.3, 0.4) is 0 Å². The molecule has 0 saturated carbocycles. The minimum atomic E-state index is 1.21. The van der Waals surface area contributed by atoms with Crippen LogP contribution in [0.2, 0.25) is 0 Å². The first kappa shape index (κ1) is 32.7. The average Bonchev–Trinajstić information content (AvgIpc) is 3.30.